The topological polar surface area (TPSA) is 341 Å². The summed E-state index contributed by atoms with van der Waals surface area (Å²) in [7, 11) is 0. The van der Waals surface area contributed by atoms with Gasteiger partial charge >= 0.3 is 47.8 Å². The van der Waals surface area contributed by atoms with Gasteiger partial charge in [0, 0.05) is 37.4 Å². The summed E-state index contributed by atoms with van der Waals surface area (Å²) in [5.74, 6) is -8.39. The molecule has 2 fully saturated rings. The molecule has 6 atom stereocenters. The molecule has 0 bridgehead atoms. The minimum absolute atomic E-state index is 0.262. The molecule has 2 saturated heterocycles. The third-order valence-corrected chi connectivity index (χ3v) is 10.3. The van der Waals surface area contributed by atoms with E-state index in [2.05, 4.69) is 10.6 Å². The summed E-state index contributed by atoms with van der Waals surface area (Å²) < 4.78 is 10.3. The van der Waals surface area contributed by atoms with Crippen molar-refractivity contribution in [2.24, 2.45) is 0 Å². The normalized spacial score (nSPS) is 16.6. The maximum Gasteiger partial charge on any atom is 0.328 e. The molecule has 2 heterocycles. The average molecular weight is 985 g/mol. The fourth-order valence-corrected chi connectivity index (χ4v) is 7.04. The van der Waals surface area contributed by atoms with Crippen molar-refractivity contribution >= 4 is 59.6 Å². The molecule has 0 spiro atoms. The number of rotatable bonds is 22. The highest BCUT2D eigenvalue weighted by atomic mass is 16.5. The molecule has 0 unspecified atom stereocenters. The number of amides is 2. The van der Waals surface area contributed by atoms with Crippen molar-refractivity contribution in [1.29, 1.82) is 0 Å². The Morgan fingerprint density at radius 1 is 0.543 bits per heavy atom. The van der Waals surface area contributed by atoms with Crippen molar-refractivity contribution in [3.05, 3.63) is 96.1 Å². The largest absolute Gasteiger partial charge is 0.480 e. The molecule has 2 amide bonds. The van der Waals surface area contributed by atoms with Crippen molar-refractivity contribution in [3.63, 3.8) is 0 Å². The van der Waals surface area contributed by atoms with Crippen LogP contribution in [-0.4, -0.2) is 163 Å². The van der Waals surface area contributed by atoms with Gasteiger partial charge in [0.25, 0.3) is 0 Å². The van der Waals surface area contributed by atoms with Crippen molar-refractivity contribution in [3.8, 4) is 0 Å². The third kappa shape index (κ3) is 24.0. The molecular formula is C48H64N4O18. The second-order valence-electron chi connectivity index (χ2n) is 15.5. The van der Waals surface area contributed by atoms with Gasteiger partial charge in [-0.1, -0.05) is 60.7 Å². The van der Waals surface area contributed by atoms with Gasteiger partial charge in [-0.25, -0.2) is 28.8 Å². The van der Waals surface area contributed by atoms with Gasteiger partial charge in [-0.2, -0.15) is 0 Å². The molecule has 70 heavy (non-hydrogen) atoms. The number of likely N-dealkylation sites (tertiary alicyclic amines) is 2. The molecule has 0 aliphatic carbocycles. The molecule has 2 aromatic carbocycles. The van der Waals surface area contributed by atoms with E-state index in [1.165, 1.54) is 9.80 Å². The fraction of sp³-hybridized carbons (Fsp3) is 0.458. The minimum Gasteiger partial charge on any atom is -0.480 e. The number of aliphatic carboxylic acids is 6. The van der Waals surface area contributed by atoms with Crippen molar-refractivity contribution < 1.29 is 88.1 Å². The van der Waals surface area contributed by atoms with Gasteiger partial charge < -0.3 is 49.9 Å². The number of carbonyl (C=O) groups is 10. The van der Waals surface area contributed by atoms with Crippen molar-refractivity contribution in [2.45, 2.75) is 115 Å². The van der Waals surface area contributed by atoms with Crippen LogP contribution in [0.5, 0.6) is 0 Å². The quantitative estimate of drug-likeness (QED) is 0.0621. The Hall–Kier alpha value is -7.46. The van der Waals surface area contributed by atoms with Crippen LogP contribution in [-0.2, 0) is 70.3 Å². The highest BCUT2D eigenvalue weighted by Gasteiger charge is 2.38. The van der Waals surface area contributed by atoms with Gasteiger partial charge in [0.1, 0.15) is 24.2 Å². The van der Waals surface area contributed by atoms with Crippen LogP contribution in [0, 0.1) is 0 Å². The first-order valence-corrected chi connectivity index (χ1v) is 22.4. The highest BCUT2D eigenvalue weighted by Crippen LogP contribution is 2.20. The summed E-state index contributed by atoms with van der Waals surface area (Å²) in [5, 5.41) is 55.9. The Kier molecular flexibility index (Phi) is 28.6. The zero-order valence-corrected chi connectivity index (χ0v) is 39.5. The van der Waals surface area contributed by atoms with Crippen molar-refractivity contribution in [2.75, 3.05) is 26.3 Å². The SMILES string of the molecule is CCOC(=O)[C@H](CCc1ccccc1)N[C@@H](C)C(=O)N1CCC[C@H]1C(=O)O.CCOC(=O)[C@H](CCc1ccccc1)N[C@@H](C)C(=O)N1CCC[C@H]1C(=O)O.O=C(O)/C=C\C(=O)O.O=C(O)/C=C\C(=O)O. The molecular weight excluding hydrogens is 921 g/mol. The molecule has 0 aromatic heterocycles. The Bertz CT molecular complexity index is 1920. The Balaban J connectivity index is 0.000000535. The molecule has 0 radical (unpaired) electrons. The van der Waals surface area contributed by atoms with E-state index in [0.29, 0.717) is 88.8 Å². The van der Waals surface area contributed by atoms with Crippen LogP contribution in [0.4, 0.5) is 0 Å². The molecule has 384 valence electrons. The predicted molar refractivity (Wildman–Crippen MR) is 249 cm³/mol. The lowest BCUT2D eigenvalue weighted by atomic mass is 10.0. The average Bonchev–Trinajstić information content (AvgIpc) is 4.03. The summed E-state index contributed by atoms with van der Waals surface area (Å²) in [5.41, 5.74) is 2.19. The lowest BCUT2D eigenvalue weighted by Gasteiger charge is -2.27. The first kappa shape index (κ1) is 60.6. The highest BCUT2D eigenvalue weighted by molar-refractivity contribution is 5.91. The van der Waals surface area contributed by atoms with Gasteiger partial charge in [-0.15, -0.1) is 0 Å². The number of carboxylic acid groups (broad SMARTS) is 6. The maximum absolute atomic E-state index is 12.7. The van der Waals surface area contributed by atoms with E-state index < -0.39 is 84.0 Å². The van der Waals surface area contributed by atoms with Gasteiger partial charge in [0.05, 0.1) is 25.3 Å². The molecule has 4 rings (SSSR count). The monoisotopic (exact) mass is 984 g/mol. The summed E-state index contributed by atoms with van der Waals surface area (Å²) in [6, 6.07) is 15.4. The van der Waals surface area contributed by atoms with Crippen LogP contribution >= 0.6 is 0 Å². The number of aryl methyl sites for hydroxylation is 2. The van der Waals surface area contributed by atoms with E-state index in [1.807, 2.05) is 60.7 Å². The summed E-state index contributed by atoms with van der Waals surface area (Å²) in [4.78, 5) is 114. The zero-order valence-electron chi connectivity index (χ0n) is 39.5. The van der Waals surface area contributed by atoms with E-state index in [4.69, 9.17) is 29.9 Å². The van der Waals surface area contributed by atoms with E-state index >= 15 is 0 Å². The van der Waals surface area contributed by atoms with E-state index in [-0.39, 0.29) is 25.0 Å². The second kappa shape index (κ2) is 33.1. The molecule has 0 saturated carbocycles. The first-order valence-electron chi connectivity index (χ1n) is 22.4. The number of ether oxygens (including phenoxy) is 2. The number of hydrogen-bond donors (Lipinski definition) is 8. The minimum atomic E-state index is -1.26. The lowest BCUT2D eigenvalue weighted by Crippen LogP contribution is -2.53. The van der Waals surface area contributed by atoms with E-state index in [0.717, 1.165) is 11.1 Å². The molecule has 8 N–H and O–H groups in total. The van der Waals surface area contributed by atoms with Gasteiger partial charge in [0.2, 0.25) is 11.8 Å². The van der Waals surface area contributed by atoms with Gasteiger partial charge in [-0.3, -0.25) is 29.8 Å². The summed E-state index contributed by atoms with van der Waals surface area (Å²) >= 11 is 0. The zero-order chi connectivity index (χ0) is 52.8. The third-order valence-electron chi connectivity index (χ3n) is 10.3. The second-order valence-corrected chi connectivity index (χ2v) is 15.5. The van der Waals surface area contributed by atoms with Gasteiger partial charge in [0.15, 0.2) is 0 Å². The Morgan fingerprint density at radius 3 is 1.10 bits per heavy atom. The predicted octanol–water partition coefficient (Wildman–Crippen LogP) is 2.63. The molecule has 2 aromatic rings. The maximum atomic E-state index is 12.7. The number of benzene rings is 2. The summed E-state index contributed by atoms with van der Waals surface area (Å²) in [6.45, 7) is 8.18. The van der Waals surface area contributed by atoms with Crippen LogP contribution in [0.2, 0.25) is 0 Å². The fourth-order valence-electron chi connectivity index (χ4n) is 7.04. The van der Waals surface area contributed by atoms with Crippen LogP contribution in [0.25, 0.3) is 0 Å². The van der Waals surface area contributed by atoms with Crippen LogP contribution < -0.4 is 10.6 Å². The van der Waals surface area contributed by atoms with E-state index in [9.17, 15) is 58.2 Å². The number of carboxylic acids is 6. The van der Waals surface area contributed by atoms with Crippen LogP contribution in [0.1, 0.15) is 77.3 Å². The van der Waals surface area contributed by atoms with Crippen LogP contribution in [0.15, 0.2) is 85.0 Å². The number of nitrogens with one attached hydrogen (secondary N) is 2. The number of carbonyl (C=O) groups excluding carboxylic acids is 4. The lowest BCUT2D eigenvalue weighted by molar-refractivity contribution is -0.150. The molecule has 2 aliphatic heterocycles. The number of nitrogens with zero attached hydrogens (tertiary/aromatic N) is 2. The molecule has 22 heteroatoms. The smallest absolute Gasteiger partial charge is 0.328 e. The Morgan fingerprint density at radius 2 is 0.843 bits per heavy atom. The van der Waals surface area contributed by atoms with Crippen LogP contribution in [0.3, 0.4) is 0 Å². The number of hydrogen-bond acceptors (Lipinski definition) is 14. The summed E-state index contributed by atoms with van der Waals surface area (Å²) in [6.07, 6.45) is 6.81. The first-order chi connectivity index (χ1) is 33.1. The molecule has 22 nitrogen and oxygen atoms in total. The van der Waals surface area contributed by atoms with Crippen molar-refractivity contribution in [1.82, 2.24) is 20.4 Å². The van der Waals surface area contributed by atoms with E-state index in [1.54, 1.807) is 27.7 Å². The Labute approximate surface area is 404 Å². The number of esters is 2. The standard InChI is InChI=1S/2C20H28N2O5.2C4H4O4/c2*1-3-27-20(26)16(12-11-15-8-5-4-6-9-15)21-14(2)18(23)22-13-7-10-17(22)19(24)25;2*5-3(6)1-2-4(7)8/h2*4-6,8-9,14,16-17,21H,3,7,10-13H2,1-2H3,(H,24,25);2*1-2H,(H,5,6)(H,7,8)/b;;2*2-1-/t2*14-,16-,17-;;/m00../s1. The van der Waals surface area contributed by atoms with Gasteiger partial charge in [-0.05, 0) is 90.2 Å². The molecule has 2 aliphatic rings.